The second-order valence-electron chi connectivity index (χ2n) is 12.7. The minimum Gasteiger partial charge on any atom is -0.378 e. The van der Waals surface area contributed by atoms with E-state index < -0.39 is 44.0 Å². The van der Waals surface area contributed by atoms with E-state index in [1.54, 1.807) is 35.5 Å². The van der Waals surface area contributed by atoms with Crippen LogP contribution in [0.15, 0.2) is 0 Å². The Morgan fingerprint density at radius 3 is 0.550 bits per heavy atom. The zero-order chi connectivity index (χ0) is 28.1. The first-order valence-corrected chi connectivity index (χ1v) is 24.6. The molecule has 0 bridgehead atoms. The second kappa shape index (κ2) is 11.9. The first kappa shape index (κ1) is 30.7. The standard InChI is InChI=1S/C25H50O10Si5/c1-26-36(21-11-6-12-21)31-37(27-2,22-13-7-14-22)33-39(29-4,24-17-9-18-24)35-40(30-5,25-19-10-20-25)34-38(28-3,32-36)23-15-8-16-23/h21-25H,6-20H2,1-5H3. The maximum absolute atomic E-state index is 7.38. The summed E-state index contributed by atoms with van der Waals surface area (Å²) in [6, 6.07) is 0. The molecule has 1 saturated heterocycles. The van der Waals surface area contributed by atoms with Gasteiger partial charge in [-0.3, -0.25) is 0 Å². The average molecular weight is 651 g/mol. The Morgan fingerprint density at radius 1 is 0.325 bits per heavy atom. The summed E-state index contributed by atoms with van der Waals surface area (Å²) in [4.78, 5) is 0. The number of rotatable bonds is 10. The van der Waals surface area contributed by atoms with Gasteiger partial charge in [-0.05, 0) is 64.2 Å². The third-order valence-corrected chi connectivity index (χ3v) is 33.0. The van der Waals surface area contributed by atoms with Crippen molar-refractivity contribution in [3.05, 3.63) is 0 Å². The molecule has 0 radical (unpaired) electrons. The fraction of sp³-hybridized carbons (Fsp3) is 1.00. The fourth-order valence-electron chi connectivity index (χ4n) is 6.99. The normalized spacial score (nSPS) is 44.6. The topological polar surface area (TPSA) is 92.3 Å². The van der Waals surface area contributed by atoms with Gasteiger partial charge in [0.2, 0.25) is 0 Å². The highest BCUT2D eigenvalue weighted by atomic mass is 28.6. The summed E-state index contributed by atoms with van der Waals surface area (Å²) in [5.74, 6) is 0. The maximum Gasteiger partial charge on any atom is 0.489 e. The molecule has 0 aromatic rings. The van der Waals surface area contributed by atoms with Crippen molar-refractivity contribution in [1.29, 1.82) is 0 Å². The predicted molar refractivity (Wildman–Crippen MR) is 157 cm³/mol. The van der Waals surface area contributed by atoms with E-state index in [2.05, 4.69) is 0 Å². The molecular weight excluding hydrogens is 601 g/mol. The highest BCUT2D eigenvalue weighted by Crippen LogP contribution is 2.58. The average Bonchev–Trinajstić information content (AvgIpc) is 2.77. The molecule has 6 rings (SSSR count). The molecule has 0 aromatic heterocycles. The lowest BCUT2D eigenvalue weighted by molar-refractivity contribution is 0.00660. The van der Waals surface area contributed by atoms with Crippen molar-refractivity contribution in [2.45, 2.75) is 124 Å². The molecule has 40 heavy (non-hydrogen) atoms. The van der Waals surface area contributed by atoms with Gasteiger partial charge in [0.1, 0.15) is 0 Å². The van der Waals surface area contributed by atoms with Crippen molar-refractivity contribution in [2.75, 3.05) is 35.5 Å². The minimum absolute atomic E-state index is 0.166. The van der Waals surface area contributed by atoms with E-state index in [0.717, 1.165) is 96.3 Å². The molecule has 1 heterocycles. The molecule has 5 aliphatic carbocycles. The van der Waals surface area contributed by atoms with Crippen molar-refractivity contribution in [1.82, 2.24) is 0 Å². The first-order valence-electron chi connectivity index (χ1n) is 15.6. The van der Waals surface area contributed by atoms with Crippen LogP contribution in [0.1, 0.15) is 96.3 Å². The summed E-state index contributed by atoms with van der Waals surface area (Å²) in [7, 11) is -8.34. The smallest absolute Gasteiger partial charge is 0.378 e. The third-order valence-electron chi connectivity index (χ3n) is 10.9. The molecule has 15 heteroatoms. The van der Waals surface area contributed by atoms with E-state index in [1.807, 2.05) is 0 Å². The molecule has 5 saturated carbocycles. The molecule has 0 spiro atoms. The van der Waals surface area contributed by atoms with Gasteiger partial charge in [0.15, 0.2) is 0 Å². The van der Waals surface area contributed by atoms with Crippen LogP contribution in [0.25, 0.3) is 0 Å². The highest BCUT2D eigenvalue weighted by molar-refractivity contribution is 6.91. The Bertz CT molecular complexity index is 708. The fourth-order valence-corrected chi connectivity index (χ4v) is 34.9. The van der Waals surface area contributed by atoms with Crippen LogP contribution in [-0.4, -0.2) is 79.6 Å². The van der Waals surface area contributed by atoms with Crippen LogP contribution in [0.5, 0.6) is 0 Å². The summed E-state index contributed by atoms with van der Waals surface area (Å²) >= 11 is 0. The molecule has 0 atom stereocenters. The zero-order valence-electron chi connectivity index (χ0n) is 25.1. The largest absolute Gasteiger partial charge is 0.489 e. The summed E-state index contributed by atoms with van der Waals surface area (Å²) in [5, 5.41) is 0. The number of hydrogen-bond donors (Lipinski definition) is 0. The lowest BCUT2D eigenvalue weighted by Crippen LogP contribution is -2.77. The molecular formula is C25H50O10Si5. The zero-order valence-corrected chi connectivity index (χ0v) is 30.1. The van der Waals surface area contributed by atoms with Crippen LogP contribution in [-0.2, 0) is 42.7 Å². The van der Waals surface area contributed by atoms with E-state index in [9.17, 15) is 0 Å². The second-order valence-corrected chi connectivity index (χ2v) is 28.9. The van der Waals surface area contributed by atoms with Crippen molar-refractivity contribution >= 4 is 44.0 Å². The maximum atomic E-state index is 7.38. The van der Waals surface area contributed by atoms with Crippen LogP contribution in [0.4, 0.5) is 0 Å². The molecule has 0 unspecified atom stereocenters. The van der Waals surface area contributed by atoms with E-state index in [0.29, 0.717) is 0 Å². The monoisotopic (exact) mass is 650 g/mol. The van der Waals surface area contributed by atoms with Crippen molar-refractivity contribution < 1.29 is 42.7 Å². The van der Waals surface area contributed by atoms with Crippen LogP contribution in [0.3, 0.4) is 0 Å². The Labute approximate surface area is 245 Å². The van der Waals surface area contributed by atoms with Gasteiger partial charge in [0, 0.05) is 63.3 Å². The molecule has 1 aliphatic heterocycles. The van der Waals surface area contributed by atoms with Gasteiger partial charge in [-0.1, -0.05) is 32.1 Å². The lowest BCUT2D eigenvalue weighted by Gasteiger charge is -2.57. The van der Waals surface area contributed by atoms with Crippen molar-refractivity contribution in [3.8, 4) is 0 Å². The van der Waals surface area contributed by atoms with Gasteiger partial charge in [0.25, 0.3) is 0 Å². The number of hydrogen-bond acceptors (Lipinski definition) is 10. The Balaban J connectivity index is 1.54. The molecule has 0 amide bonds. The quantitative estimate of drug-likeness (QED) is 0.271. The summed E-state index contributed by atoms with van der Waals surface area (Å²) < 4.78 is 69.5. The van der Waals surface area contributed by atoms with E-state index in [1.165, 1.54) is 0 Å². The van der Waals surface area contributed by atoms with Crippen molar-refractivity contribution in [3.63, 3.8) is 0 Å². The third kappa shape index (κ3) is 4.92. The van der Waals surface area contributed by atoms with Gasteiger partial charge >= 0.3 is 44.0 Å². The summed E-state index contributed by atoms with van der Waals surface area (Å²) in [6.07, 6.45) is 15.7. The van der Waals surface area contributed by atoms with Crippen LogP contribution in [0.2, 0.25) is 27.7 Å². The Morgan fingerprint density at radius 2 is 0.475 bits per heavy atom. The predicted octanol–water partition coefficient (Wildman–Crippen LogP) is 5.78. The first-order chi connectivity index (χ1) is 19.4. The van der Waals surface area contributed by atoms with E-state index in [-0.39, 0.29) is 27.7 Å². The molecule has 10 nitrogen and oxygen atoms in total. The Kier molecular flexibility index (Phi) is 9.12. The van der Waals surface area contributed by atoms with Crippen LogP contribution in [0, 0.1) is 0 Å². The van der Waals surface area contributed by atoms with Gasteiger partial charge in [0.05, 0.1) is 0 Å². The van der Waals surface area contributed by atoms with Crippen LogP contribution >= 0.6 is 0 Å². The molecule has 230 valence electrons. The van der Waals surface area contributed by atoms with Gasteiger partial charge in [-0.25, -0.2) is 0 Å². The van der Waals surface area contributed by atoms with Gasteiger partial charge in [-0.2, -0.15) is 0 Å². The molecule has 0 N–H and O–H groups in total. The summed E-state index contributed by atoms with van der Waals surface area (Å²) in [5.41, 5.74) is 0.828. The van der Waals surface area contributed by atoms with Gasteiger partial charge in [-0.15, -0.1) is 0 Å². The minimum atomic E-state index is -3.42. The SMILES string of the molecule is CO[Si]1(C2CCC2)O[Si](OC)(C2CCC2)O[Si](OC)(C2CCC2)O[Si](OC)(C2CCC2)O[Si](OC)(C2CCC2)O1. The Hall–Kier alpha value is 0.684. The molecule has 6 fully saturated rings. The van der Waals surface area contributed by atoms with Crippen LogP contribution < -0.4 is 0 Å². The molecule has 0 aromatic carbocycles. The summed E-state index contributed by atoms with van der Waals surface area (Å²) in [6.45, 7) is 0. The molecule has 6 aliphatic rings. The van der Waals surface area contributed by atoms with E-state index in [4.69, 9.17) is 42.7 Å². The lowest BCUT2D eigenvalue weighted by atomic mass is 10.00. The highest BCUT2D eigenvalue weighted by Gasteiger charge is 2.75. The van der Waals surface area contributed by atoms with Gasteiger partial charge < -0.3 is 42.7 Å². The van der Waals surface area contributed by atoms with Crippen molar-refractivity contribution in [2.24, 2.45) is 0 Å². The van der Waals surface area contributed by atoms with E-state index >= 15 is 0 Å².